The topological polar surface area (TPSA) is 57.3 Å². The van der Waals surface area contributed by atoms with Gasteiger partial charge < -0.3 is 10.2 Å². The van der Waals surface area contributed by atoms with Crippen molar-refractivity contribution in [3.05, 3.63) is 66.9 Å². The van der Waals surface area contributed by atoms with E-state index in [1.807, 2.05) is 59.6 Å². The van der Waals surface area contributed by atoms with Crippen molar-refractivity contribution >= 4 is 28.2 Å². The number of thiazole rings is 1. The summed E-state index contributed by atoms with van der Waals surface area (Å²) < 4.78 is 0. The lowest BCUT2D eigenvalue weighted by Gasteiger charge is -2.32. The number of piperidine rings is 1. The fourth-order valence-electron chi connectivity index (χ4n) is 3.24. The first-order valence-corrected chi connectivity index (χ1v) is 9.98. The number of carbonyl (C=O) groups excluding carboxylic acids is 1. The normalized spacial score (nSPS) is 14.7. The number of benzene rings is 2. The van der Waals surface area contributed by atoms with Crippen molar-refractivity contribution < 1.29 is 4.79 Å². The zero-order valence-electron chi connectivity index (χ0n) is 15.0. The highest BCUT2D eigenvalue weighted by molar-refractivity contribution is 7.19. The molecule has 1 aliphatic heterocycles. The second-order valence-corrected chi connectivity index (χ2v) is 7.63. The second-order valence-electron chi connectivity index (χ2n) is 6.60. The molecule has 1 saturated heterocycles. The van der Waals surface area contributed by atoms with Gasteiger partial charge in [0.05, 0.1) is 4.88 Å². The van der Waals surface area contributed by atoms with Crippen LogP contribution in [0.2, 0.25) is 0 Å². The molecule has 1 fully saturated rings. The molecule has 0 atom stereocenters. The molecule has 0 saturated carbocycles. The van der Waals surface area contributed by atoms with Gasteiger partial charge in [-0.15, -0.1) is 0 Å². The van der Waals surface area contributed by atoms with Crippen LogP contribution in [0.1, 0.15) is 12.8 Å². The first-order chi connectivity index (χ1) is 13.3. The summed E-state index contributed by atoms with van der Waals surface area (Å²) in [6.45, 7) is 1.49. The summed E-state index contributed by atoms with van der Waals surface area (Å²) in [6.07, 6.45) is 3.69. The predicted octanol–water partition coefficient (Wildman–Crippen LogP) is 4.92. The Morgan fingerprint density at radius 3 is 2.37 bits per heavy atom. The molecule has 138 valence electrons. The van der Waals surface area contributed by atoms with Gasteiger partial charge >= 0.3 is 6.03 Å². The lowest BCUT2D eigenvalue weighted by Crippen LogP contribution is -2.44. The number of nitrogens with zero attached hydrogens (tertiary/aromatic N) is 2. The molecular weight excluding hydrogens is 356 g/mol. The summed E-state index contributed by atoms with van der Waals surface area (Å²) in [5, 5.41) is 7.13. The molecule has 0 bridgehead atoms. The molecule has 27 heavy (non-hydrogen) atoms. The Kier molecular flexibility index (Phi) is 5.34. The van der Waals surface area contributed by atoms with Crippen LogP contribution in [0.4, 0.5) is 15.6 Å². The largest absolute Gasteiger partial charge is 0.382 e. The van der Waals surface area contributed by atoms with E-state index in [0.717, 1.165) is 42.1 Å². The average molecular weight is 379 g/mol. The summed E-state index contributed by atoms with van der Waals surface area (Å²) >= 11 is 1.50. The molecule has 5 nitrogen and oxygen atoms in total. The number of anilines is 2. The zero-order valence-corrected chi connectivity index (χ0v) is 15.8. The van der Waals surface area contributed by atoms with Gasteiger partial charge in [-0.25, -0.2) is 9.78 Å². The van der Waals surface area contributed by atoms with Gasteiger partial charge in [0.1, 0.15) is 0 Å². The van der Waals surface area contributed by atoms with Crippen LogP contribution in [-0.4, -0.2) is 35.0 Å². The third-order valence-corrected chi connectivity index (χ3v) is 5.67. The SMILES string of the molecule is O=C(Nc1ncc(-c2ccccc2)s1)N1CCC(Nc2ccccc2)CC1. The number of nitrogens with one attached hydrogen (secondary N) is 2. The number of aromatic nitrogens is 1. The van der Waals surface area contributed by atoms with E-state index in [4.69, 9.17) is 0 Å². The average Bonchev–Trinajstić information content (AvgIpc) is 3.18. The number of amides is 2. The third-order valence-electron chi connectivity index (χ3n) is 4.70. The fourth-order valence-corrected chi connectivity index (χ4v) is 4.05. The summed E-state index contributed by atoms with van der Waals surface area (Å²) in [5.74, 6) is 0. The molecule has 2 heterocycles. The van der Waals surface area contributed by atoms with Crippen LogP contribution in [-0.2, 0) is 0 Å². The standard InChI is InChI=1S/C21H22N4OS/c26-21(24-20-22-15-19(27-20)16-7-3-1-4-8-16)25-13-11-18(12-14-25)23-17-9-5-2-6-10-17/h1-10,15,18,23H,11-14H2,(H,22,24,26). The van der Waals surface area contributed by atoms with Crippen LogP contribution in [0, 0.1) is 0 Å². The molecule has 1 aromatic heterocycles. The number of carbonyl (C=O) groups is 1. The van der Waals surface area contributed by atoms with E-state index in [1.54, 1.807) is 0 Å². The maximum atomic E-state index is 12.5. The Morgan fingerprint density at radius 2 is 1.67 bits per heavy atom. The van der Waals surface area contributed by atoms with Crippen LogP contribution in [0.3, 0.4) is 0 Å². The third kappa shape index (κ3) is 4.46. The van der Waals surface area contributed by atoms with E-state index < -0.39 is 0 Å². The van der Waals surface area contributed by atoms with Crippen LogP contribution in [0.25, 0.3) is 10.4 Å². The first kappa shape index (κ1) is 17.5. The highest BCUT2D eigenvalue weighted by Crippen LogP contribution is 2.29. The van der Waals surface area contributed by atoms with Crippen molar-refractivity contribution in [2.24, 2.45) is 0 Å². The summed E-state index contributed by atoms with van der Waals surface area (Å²) in [6, 6.07) is 20.6. The summed E-state index contributed by atoms with van der Waals surface area (Å²) in [7, 11) is 0. The highest BCUT2D eigenvalue weighted by Gasteiger charge is 2.23. The van der Waals surface area contributed by atoms with Crippen molar-refractivity contribution in [2.45, 2.75) is 18.9 Å². The minimum absolute atomic E-state index is 0.0675. The molecule has 2 amide bonds. The van der Waals surface area contributed by atoms with Gasteiger partial charge in [-0.2, -0.15) is 0 Å². The van der Waals surface area contributed by atoms with E-state index >= 15 is 0 Å². The number of hydrogen-bond donors (Lipinski definition) is 2. The number of hydrogen-bond acceptors (Lipinski definition) is 4. The van der Waals surface area contributed by atoms with E-state index in [-0.39, 0.29) is 6.03 Å². The van der Waals surface area contributed by atoms with Crippen LogP contribution >= 0.6 is 11.3 Å². The zero-order chi connectivity index (χ0) is 18.5. The smallest absolute Gasteiger partial charge is 0.323 e. The second kappa shape index (κ2) is 8.22. The Bertz CT molecular complexity index is 873. The molecule has 4 rings (SSSR count). The van der Waals surface area contributed by atoms with Crippen LogP contribution < -0.4 is 10.6 Å². The van der Waals surface area contributed by atoms with Crippen molar-refractivity contribution in [2.75, 3.05) is 23.7 Å². The number of likely N-dealkylation sites (tertiary alicyclic amines) is 1. The maximum absolute atomic E-state index is 12.5. The molecule has 2 N–H and O–H groups in total. The molecule has 0 aliphatic carbocycles. The van der Waals surface area contributed by atoms with Gasteiger partial charge in [-0.05, 0) is 30.5 Å². The monoisotopic (exact) mass is 378 g/mol. The van der Waals surface area contributed by atoms with E-state index in [9.17, 15) is 4.79 Å². The molecular formula is C21H22N4OS. The first-order valence-electron chi connectivity index (χ1n) is 9.17. The van der Waals surface area contributed by atoms with Crippen molar-refractivity contribution in [3.63, 3.8) is 0 Å². The quantitative estimate of drug-likeness (QED) is 0.678. The lowest BCUT2D eigenvalue weighted by molar-refractivity contribution is 0.197. The molecule has 2 aromatic carbocycles. The van der Waals surface area contributed by atoms with Gasteiger partial charge in [-0.1, -0.05) is 59.9 Å². The van der Waals surface area contributed by atoms with Gasteiger partial charge in [0.25, 0.3) is 0 Å². The number of para-hydroxylation sites is 1. The maximum Gasteiger partial charge on any atom is 0.323 e. The van der Waals surface area contributed by atoms with Crippen molar-refractivity contribution in [3.8, 4) is 10.4 Å². The van der Waals surface area contributed by atoms with E-state index in [1.165, 1.54) is 11.3 Å². The van der Waals surface area contributed by atoms with Crippen LogP contribution in [0.5, 0.6) is 0 Å². The molecule has 0 spiro atoms. The van der Waals surface area contributed by atoms with Gasteiger partial charge in [-0.3, -0.25) is 5.32 Å². The molecule has 0 unspecified atom stereocenters. The molecule has 3 aromatic rings. The summed E-state index contributed by atoms with van der Waals surface area (Å²) in [5.41, 5.74) is 2.25. The Labute approximate surface area is 163 Å². The van der Waals surface area contributed by atoms with E-state index in [2.05, 4.69) is 27.8 Å². The highest BCUT2D eigenvalue weighted by atomic mass is 32.1. The Hall–Kier alpha value is -2.86. The van der Waals surface area contributed by atoms with Crippen molar-refractivity contribution in [1.82, 2.24) is 9.88 Å². The fraction of sp³-hybridized carbons (Fsp3) is 0.238. The number of urea groups is 1. The van der Waals surface area contributed by atoms with E-state index in [0.29, 0.717) is 11.2 Å². The van der Waals surface area contributed by atoms with Gasteiger partial charge in [0, 0.05) is 31.0 Å². The van der Waals surface area contributed by atoms with Gasteiger partial charge in [0.2, 0.25) is 0 Å². The number of rotatable bonds is 4. The molecule has 0 radical (unpaired) electrons. The Balaban J connectivity index is 1.29. The summed E-state index contributed by atoms with van der Waals surface area (Å²) in [4.78, 5) is 19.8. The lowest BCUT2D eigenvalue weighted by atomic mass is 10.0. The predicted molar refractivity (Wildman–Crippen MR) is 111 cm³/mol. The Morgan fingerprint density at radius 1 is 1.00 bits per heavy atom. The van der Waals surface area contributed by atoms with Crippen molar-refractivity contribution in [1.29, 1.82) is 0 Å². The molecule has 1 aliphatic rings. The van der Waals surface area contributed by atoms with Crippen LogP contribution in [0.15, 0.2) is 66.9 Å². The minimum Gasteiger partial charge on any atom is -0.382 e. The molecule has 6 heteroatoms. The van der Waals surface area contributed by atoms with Gasteiger partial charge in [0.15, 0.2) is 5.13 Å². The minimum atomic E-state index is -0.0675.